The van der Waals surface area contributed by atoms with Crippen LogP contribution in [0, 0.1) is 0 Å². The van der Waals surface area contributed by atoms with Crippen LogP contribution in [0.5, 0.6) is 0 Å². The van der Waals surface area contributed by atoms with Crippen molar-refractivity contribution in [1.29, 1.82) is 0 Å². The number of rotatable bonds is 2. The van der Waals surface area contributed by atoms with E-state index in [0.717, 1.165) is 18.8 Å². The molecule has 0 radical (unpaired) electrons. The molecule has 1 heterocycles. The number of benzene rings is 1. The summed E-state index contributed by atoms with van der Waals surface area (Å²) in [6, 6.07) is 9.50. The molecular formula is C15H24N2S. The van der Waals surface area contributed by atoms with Crippen LogP contribution >= 0.6 is 11.8 Å². The summed E-state index contributed by atoms with van der Waals surface area (Å²) < 4.78 is 0. The Labute approximate surface area is 115 Å². The van der Waals surface area contributed by atoms with Crippen LogP contribution in [0.4, 0.5) is 5.69 Å². The van der Waals surface area contributed by atoms with Crippen LogP contribution in [0.3, 0.4) is 0 Å². The van der Waals surface area contributed by atoms with E-state index in [1.54, 1.807) is 0 Å². The lowest BCUT2D eigenvalue weighted by Crippen LogP contribution is -2.46. The number of anilines is 1. The van der Waals surface area contributed by atoms with E-state index in [-0.39, 0.29) is 5.41 Å². The highest BCUT2D eigenvalue weighted by atomic mass is 32.2. The Hall–Kier alpha value is -0.670. The van der Waals surface area contributed by atoms with Gasteiger partial charge in [-0.1, -0.05) is 32.9 Å². The molecule has 2 nitrogen and oxygen atoms in total. The van der Waals surface area contributed by atoms with Crippen molar-refractivity contribution in [2.45, 2.75) is 32.2 Å². The number of hydrogen-bond acceptors (Lipinski definition) is 3. The SMILES string of the molecule is CC(C)(C)c1ccc(N2CCSCC2CN)cc1. The fourth-order valence-corrected chi connectivity index (χ4v) is 3.42. The minimum Gasteiger partial charge on any atom is -0.366 e. The average Bonchev–Trinajstić information content (AvgIpc) is 2.38. The average molecular weight is 264 g/mol. The Morgan fingerprint density at radius 1 is 1.28 bits per heavy atom. The van der Waals surface area contributed by atoms with Crippen LogP contribution in [-0.4, -0.2) is 30.6 Å². The summed E-state index contributed by atoms with van der Waals surface area (Å²) in [5.41, 5.74) is 8.81. The predicted molar refractivity (Wildman–Crippen MR) is 82.7 cm³/mol. The van der Waals surface area contributed by atoms with Crippen LogP contribution in [0.15, 0.2) is 24.3 Å². The Morgan fingerprint density at radius 3 is 2.50 bits per heavy atom. The first kappa shape index (κ1) is 13.8. The molecule has 0 saturated carbocycles. The molecule has 1 atom stereocenters. The lowest BCUT2D eigenvalue weighted by atomic mass is 9.87. The minimum atomic E-state index is 0.226. The fourth-order valence-electron chi connectivity index (χ4n) is 2.34. The molecule has 0 bridgehead atoms. The predicted octanol–water partition coefficient (Wildman–Crippen LogP) is 2.86. The molecular weight excluding hydrogens is 240 g/mol. The smallest absolute Gasteiger partial charge is 0.0503 e. The highest BCUT2D eigenvalue weighted by molar-refractivity contribution is 7.99. The molecule has 2 rings (SSSR count). The van der Waals surface area contributed by atoms with E-state index >= 15 is 0 Å². The summed E-state index contributed by atoms with van der Waals surface area (Å²) in [6.07, 6.45) is 0. The van der Waals surface area contributed by atoms with Gasteiger partial charge >= 0.3 is 0 Å². The number of thioether (sulfide) groups is 1. The van der Waals surface area contributed by atoms with Gasteiger partial charge < -0.3 is 10.6 Å². The van der Waals surface area contributed by atoms with Crippen molar-refractivity contribution in [3.05, 3.63) is 29.8 Å². The van der Waals surface area contributed by atoms with E-state index in [1.807, 2.05) is 11.8 Å². The van der Waals surface area contributed by atoms with Gasteiger partial charge in [0.05, 0.1) is 6.04 Å². The molecule has 0 amide bonds. The zero-order valence-corrected chi connectivity index (χ0v) is 12.5. The van der Waals surface area contributed by atoms with Gasteiger partial charge in [0.25, 0.3) is 0 Å². The zero-order chi connectivity index (χ0) is 13.2. The molecule has 0 aliphatic carbocycles. The molecule has 0 spiro atoms. The first-order chi connectivity index (χ1) is 8.52. The molecule has 1 aliphatic rings. The fraction of sp³-hybridized carbons (Fsp3) is 0.600. The highest BCUT2D eigenvalue weighted by Gasteiger charge is 2.22. The second-order valence-electron chi connectivity index (χ2n) is 5.95. The number of nitrogens with zero attached hydrogens (tertiary/aromatic N) is 1. The Balaban J connectivity index is 2.18. The third kappa shape index (κ3) is 3.01. The van der Waals surface area contributed by atoms with Gasteiger partial charge in [-0.3, -0.25) is 0 Å². The lowest BCUT2D eigenvalue weighted by Gasteiger charge is -2.37. The van der Waals surface area contributed by atoms with Crippen molar-refractivity contribution in [3.8, 4) is 0 Å². The van der Waals surface area contributed by atoms with Gasteiger partial charge in [-0.25, -0.2) is 0 Å². The summed E-state index contributed by atoms with van der Waals surface area (Å²) >= 11 is 2.01. The van der Waals surface area contributed by atoms with Crippen LogP contribution in [-0.2, 0) is 5.41 Å². The topological polar surface area (TPSA) is 29.3 Å². The number of nitrogens with two attached hydrogens (primary N) is 1. The lowest BCUT2D eigenvalue weighted by molar-refractivity contribution is 0.589. The van der Waals surface area contributed by atoms with Gasteiger partial charge in [0.15, 0.2) is 0 Å². The second kappa shape index (κ2) is 5.54. The molecule has 2 N–H and O–H groups in total. The van der Waals surface area contributed by atoms with Crippen molar-refractivity contribution < 1.29 is 0 Å². The van der Waals surface area contributed by atoms with Crippen LogP contribution < -0.4 is 10.6 Å². The highest BCUT2D eigenvalue weighted by Crippen LogP contribution is 2.27. The number of hydrogen-bond donors (Lipinski definition) is 1. The monoisotopic (exact) mass is 264 g/mol. The molecule has 3 heteroatoms. The first-order valence-electron chi connectivity index (χ1n) is 6.67. The van der Waals surface area contributed by atoms with Crippen molar-refractivity contribution >= 4 is 17.4 Å². The van der Waals surface area contributed by atoms with Crippen molar-refractivity contribution in [3.63, 3.8) is 0 Å². The van der Waals surface area contributed by atoms with E-state index in [0.29, 0.717) is 6.04 Å². The van der Waals surface area contributed by atoms with E-state index in [9.17, 15) is 0 Å². The summed E-state index contributed by atoms with van der Waals surface area (Å²) in [5.74, 6) is 2.36. The zero-order valence-electron chi connectivity index (χ0n) is 11.6. The minimum absolute atomic E-state index is 0.226. The maximum atomic E-state index is 5.88. The quantitative estimate of drug-likeness (QED) is 0.890. The van der Waals surface area contributed by atoms with Crippen molar-refractivity contribution in [1.82, 2.24) is 0 Å². The Morgan fingerprint density at radius 2 is 1.94 bits per heavy atom. The van der Waals surface area contributed by atoms with Gasteiger partial charge in [0, 0.05) is 30.3 Å². The first-order valence-corrected chi connectivity index (χ1v) is 7.83. The van der Waals surface area contributed by atoms with Crippen molar-refractivity contribution in [2.24, 2.45) is 5.73 Å². The maximum Gasteiger partial charge on any atom is 0.0503 e. The maximum absolute atomic E-state index is 5.88. The molecule has 1 unspecified atom stereocenters. The molecule has 0 aromatic heterocycles. The van der Waals surface area contributed by atoms with Gasteiger partial charge in [-0.05, 0) is 23.1 Å². The summed E-state index contributed by atoms with van der Waals surface area (Å²) in [6.45, 7) is 8.61. The van der Waals surface area contributed by atoms with Gasteiger partial charge in [-0.2, -0.15) is 11.8 Å². The van der Waals surface area contributed by atoms with E-state index in [2.05, 4.69) is 49.9 Å². The summed E-state index contributed by atoms with van der Waals surface area (Å²) in [7, 11) is 0. The van der Waals surface area contributed by atoms with Gasteiger partial charge in [0.1, 0.15) is 0 Å². The Kier molecular flexibility index (Phi) is 4.23. The summed E-state index contributed by atoms with van der Waals surface area (Å²) in [4.78, 5) is 2.46. The van der Waals surface area contributed by atoms with E-state index in [4.69, 9.17) is 5.73 Å². The normalized spacial score (nSPS) is 21.1. The van der Waals surface area contributed by atoms with Crippen LogP contribution in [0.2, 0.25) is 0 Å². The van der Waals surface area contributed by atoms with Crippen molar-refractivity contribution in [2.75, 3.05) is 29.5 Å². The molecule has 18 heavy (non-hydrogen) atoms. The van der Waals surface area contributed by atoms with E-state index in [1.165, 1.54) is 17.0 Å². The molecule has 1 aliphatic heterocycles. The molecule has 1 aromatic carbocycles. The van der Waals surface area contributed by atoms with Crippen LogP contribution in [0.25, 0.3) is 0 Å². The Bertz CT molecular complexity index is 380. The third-order valence-electron chi connectivity index (χ3n) is 3.56. The second-order valence-corrected chi connectivity index (χ2v) is 7.10. The van der Waals surface area contributed by atoms with Gasteiger partial charge in [-0.15, -0.1) is 0 Å². The van der Waals surface area contributed by atoms with Crippen LogP contribution in [0.1, 0.15) is 26.3 Å². The summed E-state index contributed by atoms with van der Waals surface area (Å²) in [5, 5.41) is 0. The molecule has 1 saturated heterocycles. The molecule has 1 aromatic rings. The van der Waals surface area contributed by atoms with E-state index < -0.39 is 0 Å². The van der Waals surface area contributed by atoms with Gasteiger partial charge in [0.2, 0.25) is 0 Å². The molecule has 1 fully saturated rings. The third-order valence-corrected chi connectivity index (χ3v) is 4.66. The molecule has 100 valence electrons. The largest absolute Gasteiger partial charge is 0.366 e. The standard InChI is InChI=1S/C15H24N2S/c1-15(2,3)12-4-6-13(7-5-12)17-8-9-18-11-14(17)10-16/h4-7,14H,8-11,16H2,1-3H3.